The van der Waals surface area contributed by atoms with Gasteiger partial charge in [-0.15, -0.1) is 0 Å². The molecule has 2 aromatic carbocycles. The van der Waals surface area contributed by atoms with Gasteiger partial charge in [-0.1, -0.05) is 48.0 Å². The summed E-state index contributed by atoms with van der Waals surface area (Å²) in [5.41, 5.74) is 2.23. The van der Waals surface area contributed by atoms with Crippen molar-refractivity contribution in [2.24, 2.45) is 0 Å². The average molecular weight is 390 g/mol. The molecule has 27 heavy (non-hydrogen) atoms. The fourth-order valence-electron chi connectivity index (χ4n) is 2.54. The molecule has 0 radical (unpaired) electrons. The average Bonchev–Trinajstić information content (AvgIpc) is 2.65. The van der Waals surface area contributed by atoms with Crippen molar-refractivity contribution in [2.75, 3.05) is 13.1 Å². The molecule has 0 bridgehead atoms. The second-order valence-corrected chi connectivity index (χ2v) is 8.30. The lowest BCUT2D eigenvalue weighted by Crippen LogP contribution is -2.43. The molecule has 0 aliphatic heterocycles. The number of carbonyl (C=O) groups excluding carboxylic acids is 1. The maximum Gasteiger partial charge on any atom is 0.315 e. The molecule has 0 heterocycles. The van der Waals surface area contributed by atoms with Crippen LogP contribution in [0.1, 0.15) is 24.5 Å². The van der Waals surface area contributed by atoms with Crippen molar-refractivity contribution in [1.82, 2.24) is 15.4 Å². The Morgan fingerprint density at radius 2 is 1.67 bits per heavy atom. The van der Waals surface area contributed by atoms with E-state index in [2.05, 4.69) is 27.5 Å². The number of sulfonamides is 1. The van der Waals surface area contributed by atoms with E-state index in [9.17, 15) is 13.2 Å². The molecule has 0 spiro atoms. The van der Waals surface area contributed by atoms with Crippen LogP contribution in [0.2, 0.25) is 0 Å². The van der Waals surface area contributed by atoms with Crippen molar-refractivity contribution in [3.63, 3.8) is 0 Å². The summed E-state index contributed by atoms with van der Waals surface area (Å²) in [6.07, 6.45) is 1.72. The van der Waals surface area contributed by atoms with Crippen LogP contribution >= 0.6 is 0 Å². The van der Waals surface area contributed by atoms with E-state index in [1.54, 1.807) is 24.3 Å². The van der Waals surface area contributed by atoms with E-state index in [4.69, 9.17) is 0 Å². The van der Waals surface area contributed by atoms with E-state index in [-0.39, 0.29) is 30.1 Å². The van der Waals surface area contributed by atoms with Crippen LogP contribution < -0.4 is 15.4 Å². The third-order valence-electron chi connectivity index (χ3n) is 4.12. The van der Waals surface area contributed by atoms with Crippen LogP contribution in [0.25, 0.3) is 0 Å². The Bertz CT molecular complexity index is 821. The van der Waals surface area contributed by atoms with Crippen LogP contribution in [0.3, 0.4) is 0 Å². The highest BCUT2D eigenvalue weighted by Crippen LogP contribution is 2.09. The predicted molar refractivity (Wildman–Crippen MR) is 107 cm³/mol. The number of benzene rings is 2. The molecule has 0 aliphatic carbocycles. The summed E-state index contributed by atoms with van der Waals surface area (Å²) < 4.78 is 26.8. The summed E-state index contributed by atoms with van der Waals surface area (Å²) in [6.45, 7) is 4.18. The van der Waals surface area contributed by atoms with Crippen molar-refractivity contribution in [3.05, 3.63) is 65.7 Å². The Labute approximate surface area is 161 Å². The molecule has 2 aromatic rings. The predicted octanol–water partition coefficient (Wildman–Crippen LogP) is 2.59. The third kappa shape index (κ3) is 7.40. The van der Waals surface area contributed by atoms with E-state index in [1.807, 2.05) is 32.0 Å². The number of amides is 2. The second-order valence-electron chi connectivity index (χ2n) is 6.54. The Morgan fingerprint density at radius 3 is 2.33 bits per heavy atom. The fraction of sp³-hybridized carbons (Fsp3) is 0.350. The normalized spacial score (nSPS) is 12.4. The molecular formula is C20H27N3O3S. The number of hydrogen-bond donors (Lipinski definition) is 3. The number of aryl methyl sites for hydroxylation is 2. The Morgan fingerprint density at radius 1 is 1.00 bits per heavy atom. The van der Waals surface area contributed by atoms with Gasteiger partial charge < -0.3 is 10.6 Å². The number of nitrogens with one attached hydrogen (secondary N) is 3. The number of carbonyl (C=O) groups is 1. The minimum atomic E-state index is -3.56. The zero-order valence-electron chi connectivity index (χ0n) is 15.7. The maximum atomic E-state index is 12.1. The molecule has 0 aliphatic rings. The standard InChI is InChI=1S/C20H27N3O3S/c1-16-8-12-19(13-9-16)27(25,26)22-15-14-21-20(24)23-17(2)10-11-18-6-4-3-5-7-18/h3-9,12-13,17,22H,10-11,14-15H2,1-2H3,(H2,21,23,24)/t17-/m1/s1. The van der Waals surface area contributed by atoms with Gasteiger partial charge in [0.25, 0.3) is 0 Å². The largest absolute Gasteiger partial charge is 0.337 e. The molecule has 6 nitrogen and oxygen atoms in total. The first-order valence-electron chi connectivity index (χ1n) is 9.01. The van der Waals surface area contributed by atoms with Crippen molar-refractivity contribution in [3.8, 4) is 0 Å². The molecule has 2 rings (SSSR count). The second kappa shape index (κ2) is 10.1. The summed E-state index contributed by atoms with van der Waals surface area (Å²) in [4.78, 5) is 12.1. The number of rotatable bonds is 9. The van der Waals surface area contributed by atoms with Gasteiger partial charge in [-0.05, 0) is 44.4 Å². The summed E-state index contributed by atoms with van der Waals surface area (Å²) >= 11 is 0. The van der Waals surface area contributed by atoms with Crippen LogP contribution in [0.15, 0.2) is 59.5 Å². The number of hydrogen-bond acceptors (Lipinski definition) is 3. The topological polar surface area (TPSA) is 87.3 Å². The first kappa shape index (κ1) is 20.9. The van der Waals surface area contributed by atoms with Gasteiger partial charge in [0.15, 0.2) is 0 Å². The highest BCUT2D eigenvalue weighted by Gasteiger charge is 2.13. The lowest BCUT2D eigenvalue weighted by molar-refractivity contribution is 0.237. The van der Waals surface area contributed by atoms with Gasteiger partial charge in [-0.3, -0.25) is 0 Å². The zero-order valence-corrected chi connectivity index (χ0v) is 16.6. The summed E-state index contributed by atoms with van der Waals surface area (Å²) in [6, 6.07) is 16.4. The van der Waals surface area contributed by atoms with Crippen LogP contribution in [0, 0.1) is 6.92 Å². The first-order chi connectivity index (χ1) is 12.9. The molecule has 3 N–H and O–H groups in total. The lowest BCUT2D eigenvalue weighted by atomic mass is 10.1. The Balaban J connectivity index is 1.66. The van der Waals surface area contributed by atoms with Crippen molar-refractivity contribution < 1.29 is 13.2 Å². The third-order valence-corrected chi connectivity index (χ3v) is 5.60. The van der Waals surface area contributed by atoms with Crippen LogP contribution in [0.5, 0.6) is 0 Å². The highest BCUT2D eigenvalue weighted by molar-refractivity contribution is 7.89. The fourth-order valence-corrected chi connectivity index (χ4v) is 3.57. The summed E-state index contributed by atoms with van der Waals surface area (Å²) in [5.74, 6) is 0. The SMILES string of the molecule is Cc1ccc(S(=O)(=O)NCCNC(=O)N[C@H](C)CCc2ccccc2)cc1. The molecule has 0 saturated heterocycles. The molecule has 0 fully saturated rings. The summed E-state index contributed by atoms with van der Waals surface area (Å²) in [7, 11) is -3.56. The van der Waals surface area contributed by atoms with E-state index in [1.165, 1.54) is 5.56 Å². The molecule has 1 atom stereocenters. The van der Waals surface area contributed by atoms with E-state index in [0.29, 0.717) is 0 Å². The van der Waals surface area contributed by atoms with Gasteiger partial charge in [-0.25, -0.2) is 17.9 Å². The van der Waals surface area contributed by atoms with Gasteiger partial charge in [0.2, 0.25) is 10.0 Å². The lowest BCUT2D eigenvalue weighted by Gasteiger charge is -2.15. The molecular weight excluding hydrogens is 362 g/mol. The minimum absolute atomic E-state index is 0.0226. The molecule has 0 saturated carbocycles. The van der Waals surface area contributed by atoms with Crippen LogP contribution in [-0.2, 0) is 16.4 Å². The van der Waals surface area contributed by atoms with Crippen LogP contribution in [0.4, 0.5) is 4.79 Å². The van der Waals surface area contributed by atoms with Gasteiger partial charge >= 0.3 is 6.03 Å². The Hall–Kier alpha value is -2.38. The van der Waals surface area contributed by atoms with Gasteiger partial charge in [-0.2, -0.15) is 0 Å². The van der Waals surface area contributed by atoms with Gasteiger partial charge in [0, 0.05) is 19.1 Å². The zero-order chi connectivity index (χ0) is 19.7. The minimum Gasteiger partial charge on any atom is -0.337 e. The van der Waals surface area contributed by atoms with E-state index >= 15 is 0 Å². The molecule has 0 unspecified atom stereocenters. The smallest absolute Gasteiger partial charge is 0.315 e. The van der Waals surface area contributed by atoms with Crippen molar-refractivity contribution >= 4 is 16.1 Å². The summed E-state index contributed by atoms with van der Waals surface area (Å²) in [5, 5.41) is 5.53. The van der Waals surface area contributed by atoms with E-state index < -0.39 is 10.0 Å². The highest BCUT2D eigenvalue weighted by atomic mass is 32.2. The number of urea groups is 1. The molecule has 7 heteroatoms. The molecule has 0 aromatic heterocycles. The van der Waals surface area contributed by atoms with Crippen molar-refractivity contribution in [1.29, 1.82) is 0 Å². The van der Waals surface area contributed by atoms with Crippen molar-refractivity contribution in [2.45, 2.75) is 37.6 Å². The molecule has 146 valence electrons. The maximum absolute atomic E-state index is 12.1. The van der Waals surface area contributed by atoms with Gasteiger partial charge in [0.05, 0.1) is 4.90 Å². The van der Waals surface area contributed by atoms with Gasteiger partial charge in [0.1, 0.15) is 0 Å². The quantitative estimate of drug-likeness (QED) is 0.576. The first-order valence-corrected chi connectivity index (χ1v) is 10.5. The molecule has 2 amide bonds. The Kier molecular flexibility index (Phi) is 7.82. The monoisotopic (exact) mass is 389 g/mol. The van der Waals surface area contributed by atoms with Crippen LogP contribution in [-0.4, -0.2) is 33.6 Å². The van der Waals surface area contributed by atoms with E-state index in [0.717, 1.165) is 18.4 Å².